The summed E-state index contributed by atoms with van der Waals surface area (Å²) in [6, 6.07) is 0. The van der Waals surface area contributed by atoms with Crippen LogP contribution in [-0.4, -0.2) is 35.1 Å². The summed E-state index contributed by atoms with van der Waals surface area (Å²) in [7, 11) is 0. The van der Waals surface area contributed by atoms with E-state index in [1.54, 1.807) is 0 Å². The summed E-state index contributed by atoms with van der Waals surface area (Å²) < 4.78 is 12.2. The minimum atomic E-state index is -0.305. The minimum absolute atomic E-state index is 0.00385. The molecule has 122 valence electrons. The topological polar surface area (TPSA) is 38.7 Å². The first-order valence-electron chi connectivity index (χ1n) is 8.55. The third kappa shape index (κ3) is 5.39. The molecule has 21 heavy (non-hydrogen) atoms. The van der Waals surface area contributed by atoms with Crippen molar-refractivity contribution in [3.05, 3.63) is 12.2 Å². The van der Waals surface area contributed by atoms with Gasteiger partial charge in [0.15, 0.2) is 0 Å². The molecule has 0 radical (unpaired) electrons. The summed E-state index contributed by atoms with van der Waals surface area (Å²) in [5.74, 6) is 0.665. The van der Waals surface area contributed by atoms with Gasteiger partial charge < -0.3 is 14.6 Å². The van der Waals surface area contributed by atoms with E-state index in [-0.39, 0.29) is 30.0 Å². The fourth-order valence-corrected chi connectivity index (χ4v) is 3.47. The standard InChI is InChI=1S/C18H32O3/c1-5-13-9-10-17(16(19)11-13)20-14-7-6-8-15(12-14)21-18(2,3)4/h6-7,13-17,19H,5,8-12H2,1-4H3. The van der Waals surface area contributed by atoms with Crippen LogP contribution in [0.1, 0.15) is 66.2 Å². The van der Waals surface area contributed by atoms with Crippen molar-refractivity contribution in [3.63, 3.8) is 0 Å². The van der Waals surface area contributed by atoms with E-state index in [4.69, 9.17) is 9.47 Å². The first kappa shape index (κ1) is 17.0. The molecule has 0 spiro atoms. The zero-order valence-corrected chi connectivity index (χ0v) is 14.0. The van der Waals surface area contributed by atoms with E-state index in [0.29, 0.717) is 5.92 Å². The lowest BCUT2D eigenvalue weighted by Crippen LogP contribution is -2.40. The first-order valence-corrected chi connectivity index (χ1v) is 8.55. The molecule has 1 fully saturated rings. The highest BCUT2D eigenvalue weighted by molar-refractivity contribution is 4.99. The Kier molecular flexibility index (Phi) is 5.87. The molecule has 5 unspecified atom stereocenters. The molecular formula is C18H32O3. The molecule has 0 heterocycles. The van der Waals surface area contributed by atoms with Crippen LogP contribution in [0.4, 0.5) is 0 Å². The third-order valence-corrected chi connectivity index (χ3v) is 4.56. The average Bonchev–Trinajstić information content (AvgIpc) is 2.39. The van der Waals surface area contributed by atoms with Crippen LogP contribution in [0.3, 0.4) is 0 Å². The lowest BCUT2D eigenvalue weighted by Gasteiger charge is -2.37. The van der Waals surface area contributed by atoms with Crippen molar-refractivity contribution < 1.29 is 14.6 Å². The van der Waals surface area contributed by atoms with Crippen LogP contribution in [-0.2, 0) is 9.47 Å². The van der Waals surface area contributed by atoms with Crippen LogP contribution >= 0.6 is 0 Å². The quantitative estimate of drug-likeness (QED) is 0.801. The van der Waals surface area contributed by atoms with E-state index in [1.807, 2.05) is 0 Å². The smallest absolute Gasteiger partial charge is 0.0842 e. The van der Waals surface area contributed by atoms with Crippen LogP contribution in [0, 0.1) is 5.92 Å². The maximum atomic E-state index is 10.3. The maximum Gasteiger partial charge on any atom is 0.0842 e. The molecular weight excluding hydrogens is 264 g/mol. The maximum absolute atomic E-state index is 10.3. The first-order chi connectivity index (χ1) is 9.87. The van der Waals surface area contributed by atoms with E-state index in [0.717, 1.165) is 32.1 Å². The molecule has 3 nitrogen and oxygen atoms in total. The highest BCUT2D eigenvalue weighted by Gasteiger charge is 2.32. The number of hydrogen-bond acceptors (Lipinski definition) is 3. The number of rotatable bonds is 4. The van der Waals surface area contributed by atoms with Crippen molar-refractivity contribution in [1.29, 1.82) is 0 Å². The lowest BCUT2D eigenvalue weighted by molar-refractivity contribution is -0.120. The van der Waals surface area contributed by atoms with Crippen LogP contribution in [0.25, 0.3) is 0 Å². The monoisotopic (exact) mass is 296 g/mol. The van der Waals surface area contributed by atoms with E-state index in [9.17, 15) is 5.11 Å². The van der Waals surface area contributed by atoms with Gasteiger partial charge in [-0.15, -0.1) is 0 Å². The van der Waals surface area contributed by atoms with Crippen LogP contribution in [0.2, 0.25) is 0 Å². The average molecular weight is 296 g/mol. The van der Waals surface area contributed by atoms with E-state index in [1.165, 1.54) is 6.42 Å². The minimum Gasteiger partial charge on any atom is -0.390 e. The van der Waals surface area contributed by atoms with Gasteiger partial charge in [0.2, 0.25) is 0 Å². The molecule has 2 aliphatic carbocycles. The third-order valence-electron chi connectivity index (χ3n) is 4.56. The second-order valence-electron chi connectivity index (χ2n) is 7.62. The van der Waals surface area contributed by atoms with Crippen molar-refractivity contribution in [1.82, 2.24) is 0 Å². The summed E-state index contributed by atoms with van der Waals surface area (Å²) >= 11 is 0. The molecule has 0 aliphatic heterocycles. The molecule has 1 saturated carbocycles. The van der Waals surface area contributed by atoms with Gasteiger partial charge in [0.25, 0.3) is 0 Å². The summed E-state index contributed by atoms with van der Waals surface area (Å²) in [4.78, 5) is 0. The van der Waals surface area contributed by atoms with Gasteiger partial charge in [-0.25, -0.2) is 0 Å². The normalized spacial score (nSPS) is 37.7. The largest absolute Gasteiger partial charge is 0.390 e. The second kappa shape index (κ2) is 7.26. The fraction of sp³-hybridized carbons (Fsp3) is 0.889. The molecule has 5 atom stereocenters. The van der Waals surface area contributed by atoms with Crippen molar-refractivity contribution in [2.75, 3.05) is 0 Å². The van der Waals surface area contributed by atoms with Gasteiger partial charge in [-0.2, -0.15) is 0 Å². The molecule has 0 amide bonds. The van der Waals surface area contributed by atoms with E-state index < -0.39 is 0 Å². The van der Waals surface area contributed by atoms with Crippen molar-refractivity contribution in [3.8, 4) is 0 Å². The summed E-state index contributed by atoms with van der Waals surface area (Å²) in [6.45, 7) is 8.49. The van der Waals surface area contributed by atoms with Gasteiger partial charge in [0.1, 0.15) is 0 Å². The Hall–Kier alpha value is -0.380. The number of ether oxygens (including phenoxy) is 2. The highest BCUT2D eigenvalue weighted by Crippen LogP contribution is 2.31. The predicted octanol–water partition coefficient (Wildman–Crippen LogP) is 3.84. The molecule has 2 aliphatic rings. The van der Waals surface area contributed by atoms with Gasteiger partial charge in [0, 0.05) is 6.42 Å². The van der Waals surface area contributed by atoms with E-state index >= 15 is 0 Å². The van der Waals surface area contributed by atoms with Gasteiger partial charge in [-0.1, -0.05) is 25.5 Å². The predicted molar refractivity (Wildman–Crippen MR) is 85.3 cm³/mol. The van der Waals surface area contributed by atoms with Gasteiger partial charge in [-0.3, -0.25) is 0 Å². The Morgan fingerprint density at radius 3 is 2.57 bits per heavy atom. The summed E-state index contributed by atoms with van der Waals surface area (Å²) in [6.07, 6.45) is 10.4. The molecule has 0 aromatic carbocycles. The zero-order chi connectivity index (χ0) is 15.5. The number of hydrogen-bond donors (Lipinski definition) is 1. The second-order valence-corrected chi connectivity index (χ2v) is 7.62. The van der Waals surface area contributed by atoms with Crippen LogP contribution in [0.5, 0.6) is 0 Å². The Morgan fingerprint density at radius 2 is 1.95 bits per heavy atom. The van der Waals surface area contributed by atoms with E-state index in [2.05, 4.69) is 39.8 Å². The summed E-state index contributed by atoms with van der Waals surface area (Å²) in [5, 5.41) is 10.3. The Balaban J connectivity index is 1.83. The molecule has 1 N–H and O–H groups in total. The fourth-order valence-electron chi connectivity index (χ4n) is 3.47. The molecule has 0 saturated heterocycles. The van der Waals surface area contributed by atoms with Gasteiger partial charge >= 0.3 is 0 Å². The Bertz CT molecular complexity index is 345. The molecule has 3 heteroatoms. The Labute approximate surface area is 129 Å². The van der Waals surface area contributed by atoms with Crippen LogP contribution < -0.4 is 0 Å². The highest BCUT2D eigenvalue weighted by atomic mass is 16.5. The van der Waals surface area contributed by atoms with Crippen molar-refractivity contribution >= 4 is 0 Å². The molecule has 0 aromatic rings. The van der Waals surface area contributed by atoms with Crippen molar-refractivity contribution in [2.24, 2.45) is 5.92 Å². The SMILES string of the molecule is CCC1CCC(OC2C=CCC(OC(C)(C)C)C2)C(O)C1. The molecule has 0 bridgehead atoms. The zero-order valence-electron chi connectivity index (χ0n) is 14.0. The number of aliphatic hydroxyl groups excluding tert-OH is 1. The lowest BCUT2D eigenvalue weighted by atomic mass is 9.83. The van der Waals surface area contributed by atoms with Crippen molar-refractivity contribution in [2.45, 2.75) is 96.2 Å². The number of aliphatic hydroxyl groups is 1. The summed E-state index contributed by atoms with van der Waals surface area (Å²) in [5.41, 5.74) is -0.112. The van der Waals surface area contributed by atoms with Gasteiger partial charge in [0.05, 0.1) is 30.0 Å². The molecule has 0 aromatic heterocycles. The molecule has 2 rings (SSSR count). The van der Waals surface area contributed by atoms with Gasteiger partial charge in [-0.05, 0) is 52.4 Å². The van der Waals surface area contributed by atoms with Crippen LogP contribution in [0.15, 0.2) is 12.2 Å². The Morgan fingerprint density at radius 1 is 1.19 bits per heavy atom.